The highest BCUT2D eigenvalue weighted by molar-refractivity contribution is 7.16. The van der Waals surface area contributed by atoms with Crippen LogP contribution in [-0.2, 0) is 9.59 Å². The predicted octanol–water partition coefficient (Wildman–Crippen LogP) is 3.65. The Morgan fingerprint density at radius 3 is 2.73 bits per heavy atom. The number of thiazole rings is 1. The summed E-state index contributed by atoms with van der Waals surface area (Å²) in [5.74, 6) is -2.61. The van der Waals surface area contributed by atoms with Crippen molar-refractivity contribution in [3.05, 3.63) is 35.0 Å². The molecule has 0 unspecified atom stereocenters. The summed E-state index contributed by atoms with van der Waals surface area (Å²) >= 11 is 0.975. The van der Waals surface area contributed by atoms with Gasteiger partial charge in [0.2, 0.25) is 5.91 Å². The molecule has 2 atom stereocenters. The Morgan fingerprint density at radius 2 is 2.04 bits per heavy atom. The summed E-state index contributed by atoms with van der Waals surface area (Å²) in [6, 6.07) is 7.97. The molecule has 1 aromatic carbocycles. The van der Waals surface area contributed by atoms with Crippen molar-refractivity contribution < 1.29 is 19.1 Å². The van der Waals surface area contributed by atoms with Crippen LogP contribution >= 0.6 is 11.3 Å². The third-order valence-electron chi connectivity index (χ3n) is 4.48. The molecule has 134 valence electrons. The number of nitrogens with zero attached hydrogens (tertiary/aromatic N) is 2. The van der Waals surface area contributed by atoms with Crippen LogP contribution in [0.15, 0.2) is 24.3 Å². The number of aromatic nitrogens is 1. The van der Waals surface area contributed by atoms with Gasteiger partial charge in [0.25, 0.3) is 0 Å². The Bertz CT molecular complexity index is 890. The van der Waals surface area contributed by atoms with E-state index >= 15 is 0 Å². The Morgan fingerprint density at radius 1 is 1.31 bits per heavy atom. The Labute approximate surface area is 153 Å². The number of amides is 1. The molecule has 2 N–H and O–H groups in total. The zero-order valence-electron chi connectivity index (χ0n) is 13.7. The lowest BCUT2D eigenvalue weighted by atomic mass is 9.81. The summed E-state index contributed by atoms with van der Waals surface area (Å²) in [6.07, 6.45) is 2.16. The fourth-order valence-electron chi connectivity index (χ4n) is 3.14. The second kappa shape index (κ2) is 7.62. The van der Waals surface area contributed by atoms with Gasteiger partial charge in [0.05, 0.1) is 5.92 Å². The van der Waals surface area contributed by atoms with Gasteiger partial charge in [-0.05, 0) is 31.4 Å². The number of hydrogen-bond acceptors (Lipinski definition) is 5. The first-order valence-electron chi connectivity index (χ1n) is 8.19. The monoisotopic (exact) mass is 373 g/mol. The average Bonchev–Trinajstić information content (AvgIpc) is 3.04. The minimum atomic E-state index is -0.884. The Hall–Kier alpha value is -2.79. The second-order valence-electron chi connectivity index (χ2n) is 6.18. The molecule has 1 amide bonds. The van der Waals surface area contributed by atoms with Crippen molar-refractivity contribution >= 4 is 28.3 Å². The van der Waals surface area contributed by atoms with Crippen LogP contribution in [0.25, 0.3) is 11.3 Å². The maximum Gasteiger partial charge on any atom is 0.306 e. The highest BCUT2D eigenvalue weighted by Gasteiger charge is 2.31. The normalized spacial score (nSPS) is 19.5. The minimum absolute atomic E-state index is 0.193. The maximum absolute atomic E-state index is 14.0. The lowest BCUT2D eigenvalue weighted by molar-refractivity contribution is -0.143. The standard InChI is InChI=1S/C18H16FN3O3S/c19-13-7-2-1-6-12(13)15-14(9-20)26-18(21-15)22-16(23)10-4-3-5-11(8-10)17(24)25/h1-2,6-7,10-11H,3-5,8H2,(H,24,25)(H,21,22,23)/t10-,11-/m0/s1. The molecule has 1 fully saturated rings. The third kappa shape index (κ3) is 3.73. The molecule has 1 aliphatic rings. The number of carbonyl (C=O) groups is 2. The molecule has 6 nitrogen and oxygen atoms in total. The number of carboxylic acids is 1. The molecule has 0 radical (unpaired) electrons. The van der Waals surface area contributed by atoms with Gasteiger partial charge in [0, 0.05) is 11.5 Å². The quantitative estimate of drug-likeness (QED) is 0.851. The van der Waals surface area contributed by atoms with Gasteiger partial charge in [-0.3, -0.25) is 9.59 Å². The molecule has 26 heavy (non-hydrogen) atoms. The van der Waals surface area contributed by atoms with Crippen molar-refractivity contribution in [3.63, 3.8) is 0 Å². The number of aliphatic carboxylic acids is 1. The van der Waals surface area contributed by atoms with Crippen LogP contribution in [0.4, 0.5) is 9.52 Å². The van der Waals surface area contributed by atoms with Gasteiger partial charge in [0.1, 0.15) is 22.5 Å². The fourth-order valence-corrected chi connectivity index (χ4v) is 3.92. The van der Waals surface area contributed by atoms with E-state index in [0.29, 0.717) is 19.3 Å². The summed E-state index contributed by atoms with van der Waals surface area (Å²) in [6.45, 7) is 0. The van der Waals surface area contributed by atoms with E-state index in [2.05, 4.69) is 10.3 Å². The average molecular weight is 373 g/mol. The summed E-state index contributed by atoms with van der Waals surface area (Å²) in [5.41, 5.74) is 0.391. The molecule has 0 spiro atoms. The number of anilines is 1. The topological polar surface area (TPSA) is 103 Å². The molecule has 1 aliphatic carbocycles. The number of nitrogens with one attached hydrogen (secondary N) is 1. The molecule has 0 bridgehead atoms. The van der Waals surface area contributed by atoms with Crippen LogP contribution < -0.4 is 5.32 Å². The van der Waals surface area contributed by atoms with Crippen LogP contribution in [0.2, 0.25) is 0 Å². The lowest BCUT2D eigenvalue weighted by Crippen LogP contribution is -2.30. The van der Waals surface area contributed by atoms with E-state index in [1.54, 1.807) is 12.1 Å². The molecular weight excluding hydrogens is 357 g/mol. The van der Waals surface area contributed by atoms with Crippen LogP contribution in [0.1, 0.15) is 30.6 Å². The lowest BCUT2D eigenvalue weighted by Gasteiger charge is -2.25. The van der Waals surface area contributed by atoms with E-state index in [0.717, 1.165) is 11.3 Å². The second-order valence-corrected chi connectivity index (χ2v) is 7.18. The summed E-state index contributed by atoms with van der Waals surface area (Å²) in [7, 11) is 0. The van der Waals surface area contributed by atoms with E-state index in [-0.39, 0.29) is 33.6 Å². The highest BCUT2D eigenvalue weighted by Crippen LogP contribution is 2.34. The van der Waals surface area contributed by atoms with Gasteiger partial charge in [-0.1, -0.05) is 29.9 Å². The van der Waals surface area contributed by atoms with E-state index in [9.17, 15) is 19.2 Å². The first-order chi connectivity index (χ1) is 12.5. The number of nitriles is 1. The predicted molar refractivity (Wildman–Crippen MR) is 93.9 cm³/mol. The van der Waals surface area contributed by atoms with Crippen molar-refractivity contribution in [3.8, 4) is 17.3 Å². The van der Waals surface area contributed by atoms with Gasteiger partial charge >= 0.3 is 5.97 Å². The van der Waals surface area contributed by atoms with Gasteiger partial charge in [0.15, 0.2) is 5.13 Å². The van der Waals surface area contributed by atoms with E-state index in [1.165, 1.54) is 12.1 Å². The Kier molecular flexibility index (Phi) is 5.28. The third-order valence-corrected chi connectivity index (χ3v) is 5.36. The fraction of sp³-hybridized carbons (Fsp3) is 0.333. The largest absolute Gasteiger partial charge is 0.481 e. The number of carbonyl (C=O) groups excluding carboxylic acids is 1. The molecule has 2 aromatic rings. The van der Waals surface area contributed by atoms with Gasteiger partial charge < -0.3 is 10.4 Å². The van der Waals surface area contributed by atoms with Gasteiger partial charge in [-0.15, -0.1) is 0 Å². The number of rotatable bonds is 4. The van der Waals surface area contributed by atoms with E-state index in [1.807, 2.05) is 6.07 Å². The molecule has 8 heteroatoms. The SMILES string of the molecule is N#Cc1sc(NC(=O)[C@H]2CCC[C@H](C(=O)O)C2)nc1-c1ccccc1F. The molecule has 0 aliphatic heterocycles. The number of benzene rings is 1. The molecule has 1 saturated carbocycles. The highest BCUT2D eigenvalue weighted by atomic mass is 32.1. The van der Waals surface area contributed by atoms with Crippen molar-refractivity contribution in [1.29, 1.82) is 5.26 Å². The van der Waals surface area contributed by atoms with Crippen LogP contribution in [-0.4, -0.2) is 22.0 Å². The molecule has 1 heterocycles. The molecular formula is C18H16FN3O3S. The van der Waals surface area contributed by atoms with Crippen molar-refractivity contribution in [2.75, 3.05) is 5.32 Å². The first kappa shape index (κ1) is 18.0. The van der Waals surface area contributed by atoms with E-state index in [4.69, 9.17) is 5.11 Å². The Balaban J connectivity index is 1.79. The van der Waals surface area contributed by atoms with E-state index < -0.39 is 23.6 Å². The number of halogens is 1. The minimum Gasteiger partial charge on any atom is -0.481 e. The smallest absolute Gasteiger partial charge is 0.306 e. The van der Waals surface area contributed by atoms with Crippen LogP contribution in [0.5, 0.6) is 0 Å². The molecule has 1 aromatic heterocycles. The van der Waals surface area contributed by atoms with Crippen LogP contribution in [0.3, 0.4) is 0 Å². The van der Waals surface area contributed by atoms with Crippen LogP contribution in [0, 0.1) is 29.0 Å². The van der Waals surface area contributed by atoms with Crippen molar-refractivity contribution in [2.45, 2.75) is 25.7 Å². The molecule has 0 saturated heterocycles. The summed E-state index contributed by atoms with van der Waals surface area (Å²) in [4.78, 5) is 28.0. The summed E-state index contributed by atoms with van der Waals surface area (Å²) < 4.78 is 14.0. The zero-order chi connectivity index (χ0) is 18.7. The summed E-state index contributed by atoms with van der Waals surface area (Å²) in [5, 5.41) is 21.3. The number of hydrogen-bond donors (Lipinski definition) is 2. The van der Waals surface area contributed by atoms with Gasteiger partial charge in [-0.25, -0.2) is 9.37 Å². The van der Waals surface area contributed by atoms with Crippen molar-refractivity contribution in [2.24, 2.45) is 11.8 Å². The molecule has 3 rings (SSSR count). The maximum atomic E-state index is 14.0. The van der Waals surface area contributed by atoms with Crippen molar-refractivity contribution in [1.82, 2.24) is 4.98 Å². The number of carboxylic acid groups (broad SMARTS) is 1. The van der Waals surface area contributed by atoms with Gasteiger partial charge in [-0.2, -0.15) is 5.26 Å². The zero-order valence-corrected chi connectivity index (χ0v) is 14.6. The first-order valence-corrected chi connectivity index (χ1v) is 9.00.